The normalized spacial score (nSPS) is 26.6. The molecule has 0 bridgehead atoms. The summed E-state index contributed by atoms with van der Waals surface area (Å²) in [5, 5.41) is 1.04. The summed E-state index contributed by atoms with van der Waals surface area (Å²) in [5.41, 5.74) is 2.65. The summed E-state index contributed by atoms with van der Waals surface area (Å²) in [5.74, 6) is 0.899. The number of aromatic nitrogens is 1. The lowest BCUT2D eigenvalue weighted by molar-refractivity contribution is 0.250. The average molecular weight is 411 g/mol. The van der Waals surface area contributed by atoms with Gasteiger partial charge in [0, 0.05) is 42.3 Å². The number of fused-ring (bicyclic) bond motifs is 1. The Bertz CT molecular complexity index is 897. The van der Waals surface area contributed by atoms with Crippen molar-refractivity contribution in [2.45, 2.75) is 50.7 Å². The summed E-state index contributed by atoms with van der Waals surface area (Å²) in [7, 11) is 0. The van der Waals surface area contributed by atoms with Gasteiger partial charge in [-0.05, 0) is 49.9 Å². The van der Waals surface area contributed by atoms with Gasteiger partial charge in [-0.25, -0.2) is 4.39 Å². The van der Waals surface area contributed by atoms with Crippen molar-refractivity contribution < 1.29 is 4.39 Å². The number of hydrogen-bond donors (Lipinski definition) is 0. The van der Waals surface area contributed by atoms with Crippen LogP contribution in [0.4, 0.5) is 10.1 Å². The first-order valence-corrected chi connectivity index (χ1v) is 11.7. The molecule has 6 heteroatoms. The lowest BCUT2D eigenvalue weighted by Gasteiger charge is -2.33. The molecule has 0 saturated carbocycles. The number of aliphatic imine (C=N–C) groups is 1. The van der Waals surface area contributed by atoms with Crippen molar-refractivity contribution >= 4 is 22.6 Å². The molecular formula is C23H27FN4S. The van der Waals surface area contributed by atoms with E-state index in [-0.39, 0.29) is 17.9 Å². The first-order valence-electron chi connectivity index (χ1n) is 10.7. The smallest absolute Gasteiger partial charge is 0.160 e. The van der Waals surface area contributed by atoms with Crippen molar-refractivity contribution in [3.05, 3.63) is 59.7 Å². The summed E-state index contributed by atoms with van der Waals surface area (Å²) in [6.07, 6.45) is 6.49. The van der Waals surface area contributed by atoms with Crippen LogP contribution in [0.15, 0.2) is 47.6 Å². The minimum Gasteiger partial charge on any atom is -0.371 e. The molecule has 2 saturated heterocycles. The van der Waals surface area contributed by atoms with E-state index in [4.69, 9.17) is 4.99 Å². The van der Waals surface area contributed by atoms with E-state index in [9.17, 15) is 0 Å². The molecule has 3 atom stereocenters. The Morgan fingerprint density at radius 1 is 1.14 bits per heavy atom. The quantitative estimate of drug-likeness (QED) is 0.694. The van der Waals surface area contributed by atoms with Crippen molar-refractivity contribution in [2.75, 3.05) is 23.7 Å². The van der Waals surface area contributed by atoms with Crippen LogP contribution in [0, 0.1) is 5.82 Å². The van der Waals surface area contributed by atoms with E-state index in [1.165, 1.54) is 19.3 Å². The first kappa shape index (κ1) is 18.9. The number of halogens is 1. The molecule has 29 heavy (non-hydrogen) atoms. The Morgan fingerprint density at radius 3 is 2.72 bits per heavy atom. The lowest BCUT2D eigenvalue weighted by Crippen LogP contribution is -2.36. The van der Waals surface area contributed by atoms with Crippen LogP contribution in [0.3, 0.4) is 0 Å². The number of hydrogen-bond acceptors (Lipinski definition) is 5. The highest BCUT2D eigenvalue weighted by molar-refractivity contribution is 8.14. The molecule has 0 unspecified atom stereocenters. The van der Waals surface area contributed by atoms with E-state index in [1.807, 2.05) is 24.3 Å². The van der Waals surface area contributed by atoms with E-state index in [0.29, 0.717) is 6.04 Å². The fourth-order valence-electron chi connectivity index (χ4n) is 4.79. The van der Waals surface area contributed by atoms with Crippen molar-refractivity contribution in [2.24, 2.45) is 4.99 Å². The third-order valence-electron chi connectivity index (χ3n) is 6.35. The fourth-order valence-corrected chi connectivity index (χ4v) is 6.13. The van der Waals surface area contributed by atoms with Crippen LogP contribution in [-0.4, -0.2) is 39.9 Å². The van der Waals surface area contributed by atoms with Crippen molar-refractivity contribution in [3.8, 4) is 0 Å². The van der Waals surface area contributed by atoms with Gasteiger partial charge in [-0.3, -0.25) is 9.98 Å². The summed E-state index contributed by atoms with van der Waals surface area (Å²) in [6, 6.07) is 11.8. The molecule has 0 radical (unpaired) electrons. The van der Waals surface area contributed by atoms with Crippen molar-refractivity contribution in [3.63, 3.8) is 0 Å². The van der Waals surface area contributed by atoms with E-state index in [2.05, 4.69) is 27.8 Å². The highest BCUT2D eigenvalue weighted by Crippen LogP contribution is 2.49. The van der Waals surface area contributed by atoms with Gasteiger partial charge >= 0.3 is 0 Å². The maximum absolute atomic E-state index is 15.5. The number of pyridine rings is 1. The van der Waals surface area contributed by atoms with Gasteiger partial charge in [0.25, 0.3) is 0 Å². The van der Waals surface area contributed by atoms with Gasteiger partial charge in [0.15, 0.2) is 5.17 Å². The largest absolute Gasteiger partial charge is 0.371 e. The van der Waals surface area contributed by atoms with Crippen LogP contribution in [0.25, 0.3) is 0 Å². The van der Waals surface area contributed by atoms with E-state index >= 15 is 4.39 Å². The van der Waals surface area contributed by atoms with E-state index < -0.39 is 0 Å². The van der Waals surface area contributed by atoms with Crippen LogP contribution in [-0.2, 0) is 0 Å². The van der Waals surface area contributed by atoms with Crippen LogP contribution in [0.2, 0.25) is 0 Å². The molecule has 1 aromatic carbocycles. The lowest BCUT2D eigenvalue weighted by atomic mass is 9.94. The number of rotatable bonds is 4. The Morgan fingerprint density at radius 2 is 2.00 bits per heavy atom. The summed E-state index contributed by atoms with van der Waals surface area (Å²) in [4.78, 5) is 14.2. The van der Waals surface area contributed by atoms with Gasteiger partial charge in [0.05, 0.1) is 11.7 Å². The number of piperidine rings is 1. The Kier molecular flexibility index (Phi) is 5.20. The first-order chi connectivity index (χ1) is 14.3. The van der Waals surface area contributed by atoms with Gasteiger partial charge in [0.2, 0.25) is 0 Å². The second-order valence-electron chi connectivity index (χ2n) is 8.09. The predicted octanol–water partition coefficient (Wildman–Crippen LogP) is 5.19. The molecule has 0 aliphatic carbocycles. The second-order valence-corrected chi connectivity index (χ2v) is 9.08. The van der Waals surface area contributed by atoms with E-state index in [1.54, 1.807) is 24.0 Å². The zero-order chi connectivity index (χ0) is 19.8. The zero-order valence-corrected chi connectivity index (χ0v) is 17.6. The molecule has 0 N–H and O–H groups in total. The predicted molar refractivity (Wildman–Crippen MR) is 118 cm³/mol. The second kappa shape index (κ2) is 7.98. The highest BCUT2D eigenvalue weighted by Gasteiger charge is 2.46. The number of amidine groups is 1. The maximum atomic E-state index is 15.5. The molecule has 2 fully saturated rings. The molecule has 5 rings (SSSR count). The monoisotopic (exact) mass is 410 g/mol. The Labute approximate surface area is 176 Å². The summed E-state index contributed by atoms with van der Waals surface area (Å²) < 4.78 is 15.5. The number of anilines is 1. The average Bonchev–Trinajstić information content (AvgIpc) is 3.34. The number of nitrogens with zero attached hydrogens (tertiary/aromatic N) is 4. The van der Waals surface area contributed by atoms with Gasteiger partial charge in [-0.1, -0.05) is 30.8 Å². The highest BCUT2D eigenvalue weighted by atomic mass is 32.2. The zero-order valence-electron chi connectivity index (χ0n) is 16.8. The Hall–Kier alpha value is -2.08. The molecule has 4 nitrogen and oxygen atoms in total. The van der Waals surface area contributed by atoms with Crippen LogP contribution >= 0.6 is 11.8 Å². The van der Waals surface area contributed by atoms with Gasteiger partial charge in [0.1, 0.15) is 11.9 Å². The van der Waals surface area contributed by atoms with Crippen LogP contribution in [0.1, 0.15) is 55.9 Å². The topological polar surface area (TPSA) is 31.7 Å². The van der Waals surface area contributed by atoms with E-state index in [0.717, 1.165) is 47.4 Å². The van der Waals surface area contributed by atoms with Gasteiger partial charge < -0.3 is 9.80 Å². The maximum Gasteiger partial charge on any atom is 0.160 e. The van der Waals surface area contributed by atoms with Crippen molar-refractivity contribution in [1.29, 1.82) is 0 Å². The molecule has 0 spiro atoms. The third-order valence-corrected chi connectivity index (χ3v) is 7.48. The fraction of sp³-hybridized carbons (Fsp3) is 0.478. The summed E-state index contributed by atoms with van der Waals surface area (Å²) in [6.45, 7) is 4.24. The number of benzene rings is 1. The third kappa shape index (κ3) is 3.41. The minimum atomic E-state index is -0.164. The minimum absolute atomic E-state index is 0.123. The Balaban J connectivity index is 1.52. The standard InChI is InChI=1S/C23H27FN4S/c1-2-16-15-29-23-26-21(20-8-4-5-11-25-20)22(28(16)23)18-10-9-17(14-19(18)24)27-12-6-3-7-13-27/h4-5,8-11,14,16,21-22H,2-3,6-7,12-13,15H2,1H3/t16-,21+,22+/m1/s1. The van der Waals surface area contributed by atoms with Gasteiger partial charge in [-0.2, -0.15) is 0 Å². The number of thioether (sulfide) groups is 1. The molecule has 152 valence electrons. The molecule has 3 aliphatic rings. The molecular weight excluding hydrogens is 383 g/mol. The molecule has 4 heterocycles. The molecule has 1 aromatic heterocycles. The van der Waals surface area contributed by atoms with Gasteiger partial charge in [-0.15, -0.1) is 0 Å². The molecule has 0 amide bonds. The SMILES string of the molecule is CC[C@@H]1CSC2=N[C@@H](c3ccccn3)[C@H](c3ccc(N4CCCCC4)cc3F)N21. The van der Waals surface area contributed by atoms with Crippen LogP contribution < -0.4 is 4.90 Å². The molecule has 3 aliphatic heterocycles. The van der Waals surface area contributed by atoms with Crippen molar-refractivity contribution in [1.82, 2.24) is 9.88 Å². The summed E-state index contributed by atoms with van der Waals surface area (Å²) >= 11 is 1.79. The molecule has 2 aromatic rings. The van der Waals surface area contributed by atoms with Crippen LogP contribution in [0.5, 0.6) is 0 Å².